The minimum atomic E-state index is -0.943. The molecule has 2 rings (SSSR count). The second-order valence-corrected chi connectivity index (χ2v) is 5.41. The molecule has 4 heteroatoms. The zero-order valence-electron chi connectivity index (χ0n) is 11.6. The molecule has 0 spiro atoms. The summed E-state index contributed by atoms with van der Waals surface area (Å²) < 4.78 is 0. The Kier molecular flexibility index (Phi) is 5.16. The second kappa shape index (κ2) is 7.08. The fourth-order valence-corrected chi connectivity index (χ4v) is 2.69. The second-order valence-electron chi connectivity index (χ2n) is 5.41. The van der Waals surface area contributed by atoms with E-state index in [2.05, 4.69) is 5.32 Å². The third-order valence-electron chi connectivity index (χ3n) is 3.87. The van der Waals surface area contributed by atoms with Gasteiger partial charge in [-0.1, -0.05) is 37.8 Å². The molecule has 1 aromatic carbocycles. The molecule has 1 saturated carbocycles. The summed E-state index contributed by atoms with van der Waals surface area (Å²) in [7, 11) is 0. The predicted octanol–water partition coefficient (Wildman–Crippen LogP) is 2.97. The van der Waals surface area contributed by atoms with Gasteiger partial charge in [-0.05, 0) is 30.5 Å². The first-order valence-corrected chi connectivity index (χ1v) is 7.27. The zero-order chi connectivity index (χ0) is 14.4. The number of hydrogen-bond acceptors (Lipinski definition) is 2. The highest BCUT2D eigenvalue weighted by Gasteiger charge is 2.19. The van der Waals surface area contributed by atoms with Crippen molar-refractivity contribution in [2.45, 2.75) is 45.1 Å². The summed E-state index contributed by atoms with van der Waals surface area (Å²) in [6.07, 6.45) is 6.66. The van der Waals surface area contributed by atoms with Gasteiger partial charge in [-0.3, -0.25) is 4.79 Å². The Bertz CT molecular complexity index is 476. The highest BCUT2D eigenvalue weighted by molar-refractivity contribution is 5.87. The average molecular weight is 275 g/mol. The molecule has 1 aliphatic rings. The van der Waals surface area contributed by atoms with Crippen LogP contribution in [0, 0.1) is 5.92 Å². The molecule has 108 valence electrons. The summed E-state index contributed by atoms with van der Waals surface area (Å²) in [6.45, 7) is 0.399. The van der Waals surface area contributed by atoms with E-state index in [0.29, 0.717) is 6.54 Å². The molecule has 0 atom stereocenters. The van der Waals surface area contributed by atoms with Crippen molar-refractivity contribution >= 4 is 11.9 Å². The lowest BCUT2D eigenvalue weighted by Gasteiger charge is -2.14. The first-order valence-electron chi connectivity index (χ1n) is 7.27. The van der Waals surface area contributed by atoms with Crippen molar-refractivity contribution in [2.24, 2.45) is 5.92 Å². The van der Waals surface area contributed by atoms with E-state index in [1.807, 2.05) is 6.07 Å². The van der Waals surface area contributed by atoms with Crippen molar-refractivity contribution in [3.05, 3.63) is 35.4 Å². The monoisotopic (exact) mass is 275 g/mol. The van der Waals surface area contributed by atoms with E-state index < -0.39 is 5.97 Å². The van der Waals surface area contributed by atoms with E-state index in [1.54, 1.807) is 18.2 Å². The van der Waals surface area contributed by atoms with E-state index in [1.165, 1.54) is 12.8 Å². The predicted molar refractivity (Wildman–Crippen MR) is 76.4 cm³/mol. The highest BCUT2D eigenvalue weighted by atomic mass is 16.4. The van der Waals surface area contributed by atoms with Crippen LogP contribution >= 0.6 is 0 Å². The number of carbonyl (C=O) groups excluding carboxylic acids is 1. The third-order valence-corrected chi connectivity index (χ3v) is 3.87. The highest BCUT2D eigenvalue weighted by Crippen LogP contribution is 2.22. The van der Waals surface area contributed by atoms with Gasteiger partial charge in [0.1, 0.15) is 0 Å². The molecule has 20 heavy (non-hydrogen) atoms. The molecule has 0 aromatic heterocycles. The van der Waals surface area contributed by atoms with Crippen LogP contribution in [0.1, 0.15) is 54.4 Å². The van der Waals surface area contributed by atoms with Crippen LogP contribution in [0.25, 0.3) is 0 Å². The Morgan fingerprint density at radius 2 is 1.85 bits per heavy atom. The summed E-state index contributed by atoms with van der Waals surface area (Å²) in [4.78, 5) is 23.0. The van der Waals surface area contributed by atoms with Gasteiger partial charge in [-0.2, -0.15) is 0 Å². The third kappa shape index (κ3) is 4.08. The molecule has 1 aliphatic carbocycles. The molecule has 2 N–H and O–H groups in total. The van der Waals surface area contributed by atoms with Crippen LogP contribution < -0.4 is 5.32 Å². The SMILES string of the molecule is O=C(O)c1cccc(CNC(=O)C2CCCCCC2)c1. The van der Waals surface area contributed by atoms with Crippen LogP contribution in [0.5, 0.6) is 0 Å². The van der Waals surface area contributed by atoms with Crippen LogP contribution in [-0.2, 0) is 11.3 Å². The van der Waals surface area contributed by atoms with Crippen molar-refractivity contribution < 1.29 is 14.7 Å². The molecular formula is C16H21NO3. The minimum absolute atomic E-state index is 0.104. The number of nitrogens with one attached hydrogen (secondary N) is 1. The first kappa shape index (κ1) is 14.6. The maximum Gasteiger partial charge on any atom is 0.335 e. The van der Waals surface area contributed by atoms with E-state index in [-0.39, 0.29) is 17.4 Å². The van der Waals surface area contributed by atoms with Crippen molar-refractivity contribution in [2.75, 3.05) is 0 Å². The van der Waals surface area contributed by atoms with Crippen molar-refractivity contribution in [1.82, 2.24) is 5.32 Å². The molecule has 1 amide bonds. The summed E-state index contributed by atoms with van der Waals surface area (Å²) in [5.41, 5.74) is 1.08. The lowest BCUT2D eigenvalue weighted by Crippen LogP contribution is -2.30. The van der Waals surface area contributed by atoms with E-state index in [9.17, 15) is 9.59 Å². The van der Waals surface area contributed by atoms with Gasteiger partial charge < -0.3 is 10.4 Å². The molecule has 0 aliphatic heterocycles. The van der Waals surface area contributed by atoms with Crippen molar-refractivity contribution in [3.63, 3.8) is 0 Å². The van der Waals surface area contributed by atoms with Crippen LogP contribution in [-0.4, -0.2) is 17.0 Å². The Labute approximate surface area is 119 Å². The smallest absolute Gasteiger partial charge is 0.335 e. The topological polar surface area (TPSA) is 66.4 Å². The van der Waals surface area contributed by atoms with Crippen LogP contribution in [0.2, 0.25) is 0 Å². The van der Waals surface area contributed by atoms with E-state index in [0.717, 1.165) is 31.2 Å². The lowest BCUT2D eigenvalue weighted by molar-refractivity contribution is -0.125. The van der Waals surface area contributed by atoms with Gasteiger partial charge in [0.2, 0.25) is 5.91 Å². The minimum Gasteiger partial charge on any atom is -0.478 e. The molecule has 0 unspecified atom stereocenters. The van der Waals surface area contributed by atoms with Gasteiger partial charge in [-0.15, -0.1) is 0 Å². The van der Waals surface area contributed by atoms with Gasteiger partial charge in [0, 0.05) is 12.5 Å². The molecule has 0 radical (unpaired) electrons. The van der Waals surface area contributed by atoms with Crippen LogP contribution in [0.3, 0.4) is 0 Å². The number of aromatic carboxylic acids is 1. The maximum atomic E-state index is 12.1. The van der Waals surface area contributed by atoms with Gasteiger partial charge in [0.25, 0.3) is 0 Å². The number of hydrogen-bond donors (Lipinski definition) is 2. The molecule has 0 bridgehead atoms. The average Bonchev–Trinajstić information content (AvgIpc) is 2.74. The normalized spacial score (nSPS) is 16.4. The fraction of sp³-hybridized carbons (Fsp3) is 0.500. The number of carbonyl (C=O) groups is 2. The van der Waals surface area contributed by atoms with Gasteiger partial charge in [0.05, 0.1) is 5.56 Å². The molecule has 1 fully saturated rings. The summed E-state index contributed by atoms with van der Waals surface area (Å²) in [5, 5.41) is 11.9. The largest absolute Gasteiger partial charge is 0.478 e. The molecular weight excluding hydrogens is 254 g/mol. The first-order chi connectivity index (χ1) is 9.66. The Hall–Kier alpha value is -1.84. The van der Waals surface area contributed by atoms with Gasteiger partial charge >= 0.3 is 5.97 Å². The zero-order valence-corrected chi connectivity index (χ0v) is 11.6. The van der Waals surface area contributed by atoms with Crippen LogP contribution in [0.4, 0.5) is 0 Å². The van der Waals surface area contributed by atoms with Crippen molar-refractivity contribution in [1.29, 1.82) is 0 Å². The summed E-state index contributed by atoms with van der Waals surface area (Å²) >= 11 is 0. The van der Waals surface area contributed by atoms with E-state index >= 15 is 0 Å². The number of rotatable bonds is 4. The number of carboxylic acids is 1. The van der Waals surface area contributed by atoms with Gasteiger partial charge in [-0.25, -0.2) is 4.79 Å². The number of carboxylic acid groups (broad SMARTS) is 1. The quantitative estimate of drug-likeness (QED) is 0.830. The Morgan fingerprint density at radius 1 is 1.15 bits per heavy atom. The van der Waals surface area contributed by atoms with Crippen LogP contribution in [0.15, 0.2) is 24.3 Å². The molecule has 0 saturated heterocycles. The Balaban J connectivity index is 1.89. The molecule has 1 aromatic rings. The maximum absolute atomic E-state index is 12.1. The van der Waals surface area contributed by atoms with E-state index in [4.69, 9.17) is 5.11 Å². The van der Waals surface area contributed by atoms with Crippen molar-refractivity contribution in [3.8, 4) is 0 Å². The fourth-order valence-electron chi connectivity index (χ4n) is 2.69. The standard InChI is InChI=1S/C16H21NO3/c18-15(13-7-3-1-2-4-8-13)17-11-12-6-5-9-14(10-12)16(19)20/h5-6,9-10,13H,1-4,7-8,11H2,(H,17,18)(H,19,20). The number of benzene rings is 1. The summed E-state index contributed by atoms with van der Waals surface area (Å²) in [5.74, 6) is -0.713. The molecule has 4 nitrogen and oxygen atoms in total. The Morgan fingerprint density at radius 3 is 2.50 bits per heavy atom. The van der Waals surface area contributed by atoms with Gasteiger partial charge in [0.15, 0.2) is 0 Å². The summed E-state index contributed by atoms with van der Waals surface area (Å²) in [6, 6.07) is 6.70. The number of amides is 1. The lowest BCUT2D eigenvalue weighted by atomic mass is 9.99. The molecule has 0 heterocycles.